The fourth-order valence-electron chi connectivity index (χ4n) is 1.86. The molecule has 0 heterocycles. The fraction of sp³-hybridized carbons (Fsp3) is 0.188. The van der Waals surface area contributed by atoms with Gasteiger partial charge in [0.2, 0.25) is 0 Å². The van der Waals surface area contributed by atoms with Crippen LogP contribution in [0.5, 0.6) is 5.75 Å². The molecule has 0 aromatic heterocycles. The molecule has 0 saturated heterocycles. The Bertz CT molecular complexity index is 588. The maximum absolute atomic E-state index is 10.8. The zero-order valence-electron chi connectivity index (χ0n) is 11.1. The van der Waals surface area contributed by atoms with E-state index in [2.05, 4.69) is 0 Å². The zero-order chi connectivity index (χ0) is 14.5. The summed E-state index contributed by atoms with van der Waals surface area (Å²) in [7, 11) is 0. The summed E-state index contributed by atoms with van der Waals surface area (Å²) < 4.78 is 5.68. The molecule has 2 rings (SSSR count). The lowest BCUT2D eigenvalue weighted by Gasteiger charge is -2.13. The largest absolute Gasteiger partial charge is 0.489 e. The van der Waals surface area contributed by atoms with Crippen molar-refractivity contribution in [2.75, 3.05) is 0 Å². The number of hydrogen-bond donors (Lipinski definition) is 2. The van der Waals surface area contributed by atoms with Crippen LogP contribution >= 0.6 is 0 Å². The van der Waals surface area contributed by atoms with Gasteiger partial charge < -0.3 is 14.9 Å². The van der Waals surface area contributed by atoms with Crippen LogP contribution in [0.4, 0.5) is 0 Å². The number of aromatic carboxylic acids is 1. The van der Waals surface area contributed by atoms with Gasteiger partial charge in [-0.1, -0.05) is 30.3 Å². The molecule has 0 aliphatic heterocycles. The van der Waals surface area contributed by atoms with E-state index in [1.165, 1.54) is 0 Å². The SMILES string of the molecule is C[C@H](O)c1ccccc1OCc1ccc(C(=O)O)cc1. The van der Waals surface area contributed by atoms with Crippen LogP contribution in [0.25, 0.3) is 0 Å². The number of aliphatic hydroxyl groups excluding tert-OH is 1. The maximum Gasteiger partial charge on any atom is 0.335 e. The van der Waals surface area contributed by atoms with Crippen molar-refractivity contribution in [2.24, 2.45) is 0 Å². The first-order valence-electron chi connectivity index (χ1n) is 6.30. The molecule has 2 aromatic rings. The third kappa shape index (κ3) is 3.36. The van der Waals surface area contributed by atoms with Gasteiger partial charge >= 0.3 is 5.97 Å². The lowest BCUT2D eigenvalue weighted by Crippen LogP contribution is -2.01. The molecule has 4 nitrogen and oxygen atoms in total. The van der Waals surface area contributed by atoms with Gasteiger partial charge in [-0.3, -0.25) is 0 Å². The summed E-state index contributed by atoms with van der Waals surface area (Å²) in [6.07, 6.45) is -0.597. The summed E-state index contributed by atoms with van der Waals surface area (Å²) in [6, 6.07) is 13.8. The van der Waals surface area contributed by atoms with Crippen LogP contribution in [0, 0.1) is 0 Å². The van der Waals surface area contributed by atoms with Gasteiger partial charge in [-0.05, 0) is 30.7 Å². The first kappa shape index (κ1) is 14.1. The minimum absolute atomic E-state index is 0.248. The lowest BCUT2D eigenvalue weighted by molar-refractivity contribution is 0.0697. The third-order valence-corrected chi connectivity index (χ3v) is 2.96. The molecule has 104 valence electrons. The van der Waals surface area contributed by atoms with E-state index in [-0.39, 0.29) is 5.56 Å². The van der Waals surface area contributed by atoms with Crippen molar-refractivity contribution in [3.8, 4) is 5.75 Å². The van der Waals surface area contributed by atoms with Gasteiger partial charge in [-0.25, -0.2) is 4.79 Å². The molecule has 4 heteroatoms. The highest BCUT2D eigenvalue weighted by atomic mass is 16.5. The van der Waals surface area contributed by atoms with Crippen molar-refractivity contribution < 1.29 is 19.7 Å². The van der Waals surface area contributed by atoms with E-state index in [9.17, 15) is 9.90 Å². The van der Waals surface area contributed by atoms with Crippen LogP contribution in [0.1, 0.15) is 34.5 Å². The van der Waals surface area contributed by atoms with Crippen molar-refractivity contribution in [2.45, 2.75) is 19.6 Å². The minimum atomic E-state index is -0.947. The van der Waals surface area contributed by atoms with Gasteiger partial charge in [-0.2, -0.15) is 0 Å². The highest BCUT2D eigenvalue weighted by molar-refractivity contribution is 5.87. The van der Waals surface area contributed by atoms with Crippen LogP contribution in [-0.4, -0.2) is 16.2 Å². The van der Waals surface area contributed by atoms with Crippen LogP contribution in [0.3, 0.4) is 0 Å². The number of carboxylic acid groups (broad SMARTS) is 1. The highest BCUT2D eigenvalue weighted by Crippen LogP contribution is 2.25. The molecule has 20 heavy (non-hydrogen) atoms. The monoisotopic (exact) mass is 272 g/mol. The third-order valence-electron chi connectivity index (χ3n) is 2.96. The summed E-state index contributed by atoms with van der Waals surface area (Å²) in [5, 5.41) is 18.5. The van der Waals surface area contributed by atoms with E-state index < -0.39 is 12.1 Å². The predicted molar refractivity (Wildman–Crippen MR) is 74.8 cm³/mol. The number of aliphatic hydroxyl groups is 1. The second-order valence-corrected chi connectivity index (χ2v) is 4.50. The Balaban J connectivity index is 2.07. The molecule has 0 amide bonds. The molecule has 0 spiro atoms. The Morgan fingerprint density at radius 3 is 2.40 bits per heavy atom. The second-order valence-electron chi connectivity index (χ2n) is 4.50. The first-order valence-corrected chi connectivity index (χ1v) is 6.30. The topological polar surface area (TPSA) is 66.8 Å². The van der Waals surface area contributed by atoms with Crippen molar-refractivity contribution in [1.29, 1.82) is 0 Å². The van der Waals surface area contributed by atoms with Gasteiger partial charge in [0.25, 0.3) is 0 Å². The minimum Gasteiger partial charge on any atom is -0.489 e. The fourth-order valence-corrected chi connectivity index (χ4v) is 1.86. The molecule has 0 radical (unpaired) electrons. The summed E-state index contributed by atoms with van der Waals surface area (Å²) in [6.45, 7) is 2.01. The molecular formula is C16H16O4. The molecule has 1 atom stereocenters. The smallest absolute Gasteiger partial charge is 0.335 e. The summed E-state index contributed by atoms with van der Waals surface area (Å²) in [5.74, 6) is -0.318. The number of para-hydroxylation sites is 1. The molecule has 0 unspecified atom stereocenters. The first-order chi connectivity index (χ1) is 9.58. The van der Waals surface area contributed by atoms with Crippen LogP contribution in [-0.2, 0) is 6.61 Å². The van der Waals surface area contributed by atoms with Gasteiger partial charge in [0, 0.05) is 5.56 Å². The van der Waals surface area contributed by atoms with E-state index in [1.807, 2.05) is 18.2 Å². The number of benzene rings is 2. The lowest BCUT2D eigenvalue weighted by atomic mass is 10.1. The van der Waals surface area contributed by atoms with Gasteiger partial charge in [-0.15, -0.1) is 0 Å². The summed E-state index contributed by atoms with van der Waals surface area (Å²) in [4.78, 5) is 10.8. The Morgan fingerprint density at radius 1 is 1.15 bits per heavy atom. The molecule has 0 bridgehead atoms. The molecule has 0 saturated carbocycles. The van der Waals surface area contributed by atoms with E-state index >= 15 is 0 Å². The molecule has 0 fully saturated rings. The average Bonchev–Trinajstić information content (AvgIpc) is 2.45. The Labute approximate surface area is 117 Å². The summed E-state index contributed by atoms with van der Waals surface area (Å²) >= 11 is 0. The highest BCUT2D eigenvalue weighted by Gasteiger charge is 2.08. The number of carbonyl (C=O) groups is 1. The maximum atomic E-state index is 10.8. The van der Waals surface area contributed by atoms with E-state index in [0.29, 0.717) is 12.4 Å². The quantitative estimate of drug-likeness (QED) is 0.878. The van der Waals surface area contributed by atoms with Crippen molar-refractivity contribution in [3.05, 3.63) is 65.2 Å². The van der Waals surface area contributed by atoms with Crippen molar-refractivity contribution >= 4 is 5.97 Å². The van der Waals surface area contributed by atoms with E-state index in [0.717, 1.165) is 11.1 Å². The van der Waals surface area contributed by atoms with E-state index in [1.54, 1.807) is 37.3 Å². The Morgan fingerprint density at radius 2 is 1.80 bits per heavy atom. The number of carboxylic acids is 1. The zero-order valence-corrected chi connectivity index (χ0v) is 11.1. The normalized spacial score (nSPS) is 11.9. The standard InChI is InChI=1S/C16H16O4/c1-11(17)14-4-2-3-5-15(14)20-10-12-6-8-13(9-7-12)16(18)19/h2-9,11,17H,10H2,1H3,(H,18,19)/t11-/m0/s1. The molecule has 2 N–H and O–H groups in total. The van der Waals surface area contributed by atoms with Gasteiger partial charge in [0.15, 0.2) is 0 Å². The number of rotatable bonds is 5. The van der Waals surface area contributed by atoms with Crippen molar-refractivity contribution in [1.82, 2.24) is 0 Å². The second kappa shape index (κ2) is 6.21. The predicted octanol–water partition coefficient (Wildman–Crippen LogP) is 3.02. The van der Waals surface area contributed by atoms with Crippen LogP contribution in [0.2, 0.25) is 0 Å². The van der Waals surface area contributed by atoms with E-state index in [4.69, 9.17) is 9.84 Å². The van der Waals surface area contributed by atoms with Crippen molar-refractivity contribution in [3.63, 3.8) is 0 Å². The number of hydrogen-bond acceptors (Lipinski definition) is 3. The molecular weight excluding hydrogens is 256 g/mol. The van der Waals surface area contributed by atoms with Gasteiger partial charge in [0.1, 0.15) is 12.4 Å². The molecule has 2 aromatic carbocycles. The van der Waals surface area contributed by atoms with Crippen LogP contribution in [0.15, 0.2) is 48.5 Å². The average molecular weight is 272 g/mol. The van der Waals surface area contributed by atoms with Crippen LogP contribution < -0.4 is 4.74 Å². The number of ether oxygens (including phenoxy) is 1. The van der Waals surface area contributed by atoms with Gasteiger partial charge in [0.05, 0.1) is 11.7 Å². The molecule has 0 aliphatic rings. The Hall–Kier alpha value is -2.33. The summed E-state index contributed by atoms with van der Waals surface area (Å²) in [5.41, 5.74) is 1.85. The Kier molecular flexibility index (Phi) is 4.38. The molecule has 0 aliphatic carbocycles.